The molecule has 0 aliphatic heterocycles. The summed E-state index contributed by atoms with van der Waals surface area (Å²) in [6.07, 6.45) is 0. The molecule has 0 saturated carbocycles. The van der Waals surface area contributed by atoms with Crippen LogP contribution in [0, 0.1) is 0 Å². The molecule has 18 heavy (non-hydrogen) atoms. The molecule has 2 rings (SSSR count). The highest BCUT2D eigenvalue weighted by Gasteiger charge is 2.30. The van der Waals surface area contributed by atoms with Crippen LogP contribution >= 0.6 is 0 Å². The molecular formula is C16H21NSi. The predicted molar refractivity (Wildman–Crippen MR) is 81.5 cm³/mol. The number of benzene rings is 2. The van der Waals surface area contributed by atoms with E-state index in [1.807, 2.05) is 0 Å². The van der Waals surface area contributed by atoms with Gasteiger partial charge in [0, 0.05) is 5.92 Å². The summed E-state index contributed by atoms with van der Waals surface area (Å²) in [5.41, 5.74) is 2.73. The van der Waals surface area contributed by atoms with Crippen molar-refractivity contribution in [3.63, 3.8) is 0 Å². The van der Waals surface area contributed by atoms with Gasteiger partial charge >= 0.3 is 0 Å². The number of hydrogen-bond acceptors (Lipinski definition) is 1. The summed E-state index contributed by atoms with van der Waals surface area (Å²) in [6.45, 7) is 4.59. The third-order valence-electron chi connectivity index (χ3n) is 3.57. The van der Waals surface area contributed by atoms with Gasteiger partial charge in [-0.15, -0.1) is 0 Å². The summed E-state index contributed by atoms with van der Waals surface area (Å²) in [7, 11) is -0.593. The Balaban J connectivity index is 2.49. The smallest absolute Gasteiger partial charge is 0.0955 e. The molecule has 0 saturated heterocycles. The third-order valence-corrected chi connectivity index (χ3v) is 5.03. The van der Waals surface area contributed by atoms with Crippen LogP contribution in [0.3, 0.4) is 0 Å². The van der Waals surface area contributed by atoms with Crippen LogP contribution in [0.5, 0.6) is 0 Å². The second kappa shape index (κ2) is 5.51. The lowest BCUT2D eigenvalue weighted by Gasteiger charge is -2.34. The third kappa shape index (κ3) is 2.71. The molecule has 0 bridgehead atoms. The first-order valence-corrected chi connectivity index (χ1v) is 7.97. The van der Waals surface area contributed by atoms with E-state index in [-0.39, 0.29) is 5.04 Å². The van der Waals surface area contributed by atoms with Crippen LogP contribution in [0.2, 0.25) is 5.04 Å². The van der Waals surface area contributed by atoms with E-state index >= 15 is 0 Å². The van der Waals surface area contributed by atoms with Gasteiger partial charge in [-0.25, -0.2) is 0 Å². The number of hydrogen-bond donors (Lipinski definition) is 1. The Bertz CT molecular complexity index is 439. The van der Waals surface area contributed by atoms with E-state index in [1.54, 1.807) is 0 Å². The van der Waals surface area contributed by atoms with Crippen molar-refractivity contribution in [3.8, 4) is 0 Å². The summed E-state index contributed by atoms with van der Waals surface area (Å²) in [4.78, 5) is 0. The number of rotatable bonds is 4. The van der Waals surface area contributed by atoms with Crippen LogP contribution in [-0.4, -0.2) is 9.68 Å². The zero-order valence-corrected chi connectivity index (χ0v) is 12.5. The highest BCUT2D eigenvalue weighted by atomic mass is 28.2. The quantitative estimate of drug-likeness (QED) is 0.835. The molecule has 2 N–H and O–H groups in total. The highest BCUT2D eigenvalue weighted by molar-refractivity contribution is 6.36. The lowest BCUT2D eigenvalue weighted by molar-refractivity contribution is 0.580. The molecular weight excluding hydrogens is 234 g/mol. The van der Waals surface area contributed by atoms with Gasteiger partial charge in [-0.2, -0.15) is 0 Å². The molecule has 0 amide bonds. The topological polar surface area (TPSA) is 26.0 Å². The molecule has 0 radical (unpaired) electrons. The van der Waals surface area contributed by atoms with E-state index in [9.17, 15) is 0 Å². The Morgan fingerprint density at radius 2 is 1.22 bits per heavy atom. The Hall–Kier alpha value is -1.38. The van der Waals surface area contributed by atoms with Crippen LogP contribution in [-0.2, 0) is 0 Å². The Labute approximate surface area is 112 Å². The van der Waals surface area contributed by atoms with Gasteiger partial charge in [0.25, 0.3) is 0 Å². The molecule has 0 fully saturated rings. The molecule has 1 nitrogen and oxygen atoms in total. The maximum atomic E-state index is 6.12. The lowest BCUT2D eigenvalue weighted by Crippen LogP contribution is -2.28. The van der Waals surface area contributed by atoms with Gasteiger partial charge in [0.2, 0.25) is 0 Å². The average Bonchev–Trinajstić information content (AvgIpc) is 2.41. The fraction of sp³-hybridized carbons (Fsp3) is 0.250. The maximum absolute atomic E-state index is 6.12. The van der Waals surface area contributed by atoms with Crippen molar-refractivity contribution >= 4 is 9.68 Å². The number of nitrogens with two attached hydrogens (primary N) is 1. The normalized spacial score (nSPS) is 12.4. The van der Waals surface area contributed by atoms with Gasteiger partial charge < -0.3 is 5.40 Å². The van der Waals surface area contributed by atoms with E-state index in [2.05, 4.69) is 74.5 Å². The van der Waals surface area contributed by atoms with Crippen LogP contribution in [0.15, 0.2) is 60.7 Å². The van der Waals surface area contributed by atoms with Gasteiger partial charge in [-0.05, 0) is 16.2 Å². The zero-order valence-electron chi connectivity index (χ0n) is 11.1. The fourth-order valence-electron chi connectivity index (χ4n) is 2.50. The van der Waals surface area contributed by atoms with Crippen molar-refractivity contribution in [2.24, 2.45) is 5.40 Å². The van der Waals surface area contributed by atoms with Crippen molar-refractivity contribution in [1.82, 2.24) is 0 Å². The van der Waals surface area contributed by atoms with E-state index < -0.39 is 9.68 Å². The molecule has 94 valence electrons. The van der Waals surface area contributed by atoms with Gasteiger partial charge in [0.15, 0.2) is 0 Å². The van der Waals surface area contributed by atoms with Crippen molar-refractivity contribution < 1.29 is 0 Å². The van der Waals surface area contributed by atoms with Crippen LogP contribution in [0.4, 0.5) is 0 Å². The summed E-state index contributed by atoms with van der Waals surface area (Å²) in [6, 6.07) is 21.4. The summed E-state index contributed by atoms with van der Waals surface area (Å²) < 4.78 is 0. The minimum absolute atomic E-state index is 0.183. The minimum Gasteiger partial charge on any atom is -0.355 e. The maximum Gasteiger partial charge on any atom is 0.0955 e. The predicted octanol–water partition coefficient (Wildman–Crippen LogP) is 3.06. The first-order chi connectivity index (χ1) is 8.65. The van der Waals surface area contributed by atoms with E-state index in [4.69, 9.17) is 5.40 Å². The van der Waals surface area contributed by atoms with Gasteiger partial charge in [0.05, 0.1) is 9.68 Å². The van der Waals surface area contributed by atoms with Crippen LogP contribution in [0.25, 0.3) is 0 Å². The Morgan fingerprint density at radius 3 is 1.56 bits per heavy atom. The first-order valence-electron chi connectivity index (χ1n) is 6.45. The lowest BCUT2D eigenvalue weighted by atomic mass is 9.82. The Kier molecular flexibility index (Phi) is 3.99. The van der Waals surface area contributed by atoms with Crippen molar-refractivity contribution in [3.05, 3.63) is 71.8 Å². The van der Waals surface area contributed by atoms with Gasteiger partial charge in [0.1, 0.15) is 0 Å². The van der Waals surface area contributed by atoms with E-state index in [0.29, 0.717) is 5.92 Å². The fourth-order valence-corrected chi connectivity index (χ4v) is 3.21. The average molecular weight is 255 g/mol. The van der Waals surface area contributed by atoms with Crippen molar-refractivity contribution in [2.75, 3.05) is 0 Å². The van der Waals surface area contributed by atoms with Crippen LogP contribution < -0.4 is 5.40 Å². The molecule has 0 heterocycles. The van der Waals surface area contributed by atoms with E-state index in [0.717, 1.165) is 0 Å². The second-order valence-corrected chi connectivity index (χ2v) is 7.68. The monoisotopic (exact) mass is 255 g/mol. The molecule has 0 aromatic heterocycles. The standard InChI is InChI=1S/C16H21NSi/c1-16(2,18-17)15(13-9-5-3-6-10-13)14-11-7-4-8-12-14/h3-12,15H,17-18H2,1-2H3. The molecule has 0 unspecified atom stereocenters. The summed E-state index contributed by atoms with van der Waals surface area (Å²) in [5, 5.41) is 6.30. The van der Waals surface area contributed by atoms with Crippen molar-refractivity contribution in [1.29, 1.82) is 0 Å². The summed E-state index contributed by atoms with van der Waals surface area (Å²) >= 11 is 0. The van der Waals surface area contributed by atoms with E-state index in [1.165, 1.54) is 11.1 Å². The van der Waals surface area contributed by atoms with Crippen molar-refractivity contribution in [2.45, 2.75) is 24.8 Å². The molecule has 0 aliphatic carbocycles. The molecule has 2 aromatic rings. The largest absolute Gasteiger partial charge is 0.355 e. The first kappa shape index (κ1) is 13.1. The molecule has 2 aromatic carbocycles. The van der Waals surface area contributed by atoms with Crippen LogP contribution in [0.1, 0.15) is 30.9 Å². The molecule has 2 heteroatoms. The SMILES string of the molecule is CC(C)([SiH2]N)C(c1ccccc1)c1ccccc1. The molecule has 0 atom stereocenters. The van der Waals surface area contributed by atoms with Gasteiger partial charge in [-0.1, -0.05) is 74.5 Å². The second-order valence-electron chi connectivity index (χ2n) is 5.45. The molecule has 0 spiro atoms. The Morgan fingerprint density at radius 1 is 0.833 bits per heavy atom. The molecule has 0 aliphatic rings. The highest BCUT2D eigenvalue weighted by Crippen LogP contribution is 2.44. The van der Waals surface area contributed by atoms with Gasteiger partial charge in [-0.3, -0.25) is 0 Å². The minimum atomic E-state index is -0.593. The zero-order chi connectivity index (χ0) is 13.0. The summed E-state index contributed by atoms with van der Waals surface area (Å²) in [5.74, 6) is 0.400.